The zero-order valence-electron chi connectivity index (χ0n) is 20.8. The molecule has 1 aliphatic carbocycles. The highest BCUT2D eigenvalue weighted by atomic mass is 35.5. The van der Waals surface area contributed by atoms with Crippen molar-refractivity contribution in [2.24, 2.45) is 18.4 Å². The van der Waals surface area contributed by atoms with Crippen molar-refractivity contribution in [2.45, 2.75) is 32.1 Å². The monoisotopic (exact) mass is 482 g/mol. The number of likely N-dealkylation sites (tertiary alicyclic amines) is 1. The molecule has 1 spiro atoms. The van der Waals surface area contributed by atoms with Crippen LogP contribution in [0.15, 0.2) is 41.7 Å². The van der Waals surface area contributed by atoms with Crippen LogP contribution in [0.1, 0.15) is 33.1 Å². The summed E-state index contributed by atoms with van der Waals surface area (Å²) in [4.78, 5) is 14.9. The molecule has 2 fully saturated rings. The molecule has 0 amide bonds. The molecule has 0 radical (unpaired) electrons. The van der Waals surface area contributed by atoms with E-state index in [1.807, 2.05) is 0 Å². The molecule has 0 bridgehead atoms. The molecule has 9 heteroatoms. The number of benzene rings is 1. The van der Waals surface area contributed by atoms with E-state index in [1.54, 1.807) is 35.8 Å². The predicted molar refractivity (Wildman–Crippen MR) is 129 cm³/mol. The Morgan fingerprint density at radius 3 is 2.94 bits per heavy atom. The zero-order valence-corrected chi connectivity index (χ0v) is 19.6. The van der Waals surface area contributed by atoms with E-state index >= 15 is 0 Å². The smallest absolute Gasteiger partial charge is 0.275 e. The summed E-state index contributed by atoms with van der Waals surface area (Å²) in [5.41, 5.74) is 1.61. The molecule has 4 aromatic rings. The van der Waals surface area contributed by atoms with E-state index in [4.69, 9.17) is 14.3 Å². The molecule has 4 heterocycles. The zero-order chi connectivity index (χ0) is 25.2. The summed E-state index contributed by atoms with van der Waals surface area (Å²) in [5, 5.41) is 13.0. The molecule has 34 heavy (non-hydrogen) atoms. The van der Waals surface area contributed by atoms with Crippen molar-refractivity contribution in [3.05, 3.63) is 69.2 Å². The van der Waals surface area contributed by atoms with Crippen LogP contribution in [0.5, 0.6) is 0 Å². The fourth-order valence-electron chi connectivity index (χ4n) is 5.62. The van der Waals surface area contributed by atoms with Crippen molar-refractivity contribution in [1.29, 1.82) is 0 Å². The number of halogens is 2. The van der Waals surface area contributed by atoms with Crippen LogP contribution in [0.4, 0.5) is 4.39 Å². The van der Waals surface area contributed by atoms with E-state index in [0.29, 0.717) is 39.0 Å². The number of hydrogen-bond donors (Lipinski definition) is 0. The summed E-state index contributed by atoms with van der Waals surface area (Å²) >= 11 is 6.29. The second-order valence-electron chi connectivity index (χ2n) is 9.76. The Balaban J connectivity index is 1.07. The third-order valence-corrected chi connectivity index (χ3v) is 7.60. The van der Waals surface area contributed by atoms with E-state index < -0.39 is 6.37 Å². The van der Waals surface area contributed by atoms with Crippen LogP contribution in [0, 0.1) is 17.2 Å². The van der Waals surface area contributed by atoms with E-state index in [9.17, 15) is 9.18 Å². The predicted octanol–water partition coefficient (Wildman–Crippen LogP) is 3.66. The van der Waals surface area contributed by atoms with Crippen molar-refractivity contribution in [3.8, 4) is 0 Å². The summed E-state index contributed by atoms with van der Waals surface area (Å²) in [6, 6.07) is 5.06. The number of hydrogen-bond acceptors (Lipinski definition) is 5. The molecule has 0 N–H and O–H groups in total. The van der Waals surface area contributed by atoms with E-state index in [0.717, 1.165) is 38.9 Å². The lowest BCUT2D eigenvalue weighted by molar-refractivity contribution is -0.0936. The lowest BCUT2D eigenvalue weighted by Gasteiger charge is -2.59. The Hall–Kier alpha value is -2.84. The highest BCUT2D eigenvalue weighted by molar-refractivity contribution is 6.35. The van der Waals surface area contributed by atoms with Crippen molar-refractivity contribution in [1.82, 2.24) is 29.3 Å². The van der Waals surface area contributed by atoms with E-state index in [1.165, 1.54) is 17.2 Å². The minimum atomic E-state index is -1.58. The van der Waals surface area contributed by atoms with Crippen LogP contribution in [0.3, 0.4) is 0 Å². The van der Waals surface area contributed by atoms with Gasteiger partial charge in [-0.2, -0.15) is 5.10 Å². The average Bonchev–Trinajstić information content (AvgIpc) is 3.23. The average molecular weight is 483 g/mol. The molecule has 1 saturated heterocycles. The van der Waals surface area contributed by atoms with Crippen LogP contribution in [-0.2, 0) is 19.8 Å². The summed E-state index contributed by atoms with van der Waals surface area (Å²) in [6.07, 6.45) is 5.96. The lowest BCUT2D eigenvalue weighted by Crippen LogP contribution is -2.62. The molecule has 6 rings (SSSR count). The van der Waals surface area contributed by atoms with Crippen LogP contribution in [-0.4, -0.2) is 48.9 Å². The second kappa shape index (κ2) is 8.13. The Morgan fingerprint density at radius 2 is 2.12 bits per heavy atom. The quantitative estimate of drug-likeness (QED) is 0.419. The first-order valence-corrected chi connectivity index (χ1v) is 11.9. The third-order valence-electron chi connectivity index (χ3n) is 7.28. The standard InChI is InChI=1S/C25H26ClFN6O/c1-31-24(34)23-19(11-29-31)17(4-5-20(23)26)7-16-9-25(10-16)13-32(14-25)6-2-3-18-8-22-30-28-15-33(22)12-21(18)27/h4-5,8,11-12,15-16H,2-3,6-7,9-10,13-14H2,1H3/i7D2. The largest absolute Gasteiger partial charge is 0.302 e. The first kappa shape index (κ1) is 19.5. The van der Waals surface area contributed by atoms with Gasteiger partial charge in [0.2, 0.25) is 0 Å². The Kier molecular flexibility index (Phi) is 4.65. The fourth-order valence-corrected chi connectivity index (χ4v) is 5.87. The van der Waals surface area contributed by atoms with Gasteiger partial charge in [0.05, 0.1) is 16.6 Å². The minimum Gasteiger partial charge on any atom is -0.302 e. The SMILES string of the molecule is [2H]C([2H])(c1ccc(Cl)c2c(=O)n(C)ncc12)C1CC2(C1)CN(CCCc1cc3nncn3cc1F)C2. The Labute approximate surface area is 204 Å². The Bertz CT molecular complexity index is 1540. The molecule has 1 aromatic carbocycles. The number of nitrogens with zero attached hydrogens (tertiary/aromatic N) is 6. The second-order valence-corrected chi connectivity index (χ2v) is 10.2. The van der Waals surface area contributed by atoms with Gasteiger partial charge in [-0.05, 0) is 73.2 Å². The lowest BCUT2D eigenvalue weighted by atomic mass is 9.56. The van der Waals surface area contributed by atoms with Crippen LogP contribution in [0.25, 0.3) is 16.4 Å². The van der Waals surface area contributed by atoms with Gasteiger partial charge in [0.15, 0.2) is 5.65 Å². The maximum atomic E-state index is 14.3. The summed E-state index contributed by atoms with van der Waals surface area (Å²) < 4.78 is 35.0. The van der Waals surface area contributed by atoms with Gasteiger partial charge in [-0.15, -0.1) is 10.2 Å². The number of aryl methyl sites for hydroxylation is 2. The number of aromatic nitrogens is 5. The topological polar surface area (TPSA) is 68.3 Å². The van der Waals surface area contributed by atoms with Crippen LogP contribution >= 0.6 is 11.6 Å². The number of pyridine rings is 1. The van der Waals surface area contributed by atoms with Gasteiger partial charge in [-0.3, -0.25) is 9.20 Å². The summed E-state index contributed by atoms with van der Waals surface area (Å²) in [6.45, 7) is 2.76. The van der Waals surface area contributed by atoms with Crippen molar-refractivity contribution >= 4 is 28.0 Å². The fraction of sp³-hybridized carbons (Fsp3) is 0.440. The highest BCUT2D eigenvalue weighted by Crippen LogP contribution is 2.53. The molecule has 176 valence electrons. The van der Waals surface area contributed by atoms with Gasteiger partial charge in [0.1, 0.15) is 12.1 Å². The van der Waals surface area contributed by atoms with Crippen molar-refractivity contribution in [2.75, 3.05) is 19.6 Å². The Morgan fingerprint density at radius 1 is 1.29 bits per heavy atom. The van der Waals surface area contributed by atoms with Gasteiger partial charge in [0.25, 0.3) is 5.56 Å². The molecule has 0 atom stereocenters. The third kappa shape index (κ3) is 3.69. The van der Waals surface area contributed by atoms with Gasteiger partial charge >= 0.3 is 0 Å². The molecular weight excluding hydrogens is 455 g/mol. The summed E-state index contributed by atoms with van der Waals surface area (Å²) in [5.74, 6) is -0.369. The molecule has 1 saturated carbocycles. The van der Waals surface area contributed by atoms with Gasteiger partial charge in [-0.25, -0.2) is 9.07 Å². The van der Waals surface area contributed by atoms with Crippen molar-refractivity contribution in [3.63, 3.8) is 0 Å². The normalized spacial score (nSPS) is 19.3. The van der Waals surface area contributed by atoms with Gasteiger partial charge in [-0.1, -0.05) is 17.7 Å². The van der Waals surface area contributed by atoms with Gasteiger partial charge in [0, 0.05) is 34.5 Å². The molecule has 2 aliphatic rings. The van der Waals surface area contributed by atoms with Crippen LogP contribution in [0.2, 0.25) is 5.02 Å². The maximum absolute atomic E-state index is 14.3. The molecule has 3 aromatic heterocycles. The first-order chi connectivity index (χ1) is 17.2. The molecular formula is C25H26ClFN6O. The van der Waals surface area contributed by atoms with Crippen LogP contribution < -0.4 is 5.56 Å². The molecule has 7 nitrogen and oxygen atoms in total. The maximum Gasteiger partial charge on any atom is 0.275 e. The van der Waals surface area contributed by atoms with E-state index in [-0.39, 0.29) is 22.7 Å². The minimum absolute atomic E-state index is 0.128. The van der Waals surface area contributed by atoms with Gasteiger partial charge < -0.3 is 4.90 Å². The number of rotatable bonds is 6. The van der Waals surface area contributed by atoms with E-state index in [2.05, 4.69) is 20.2 Å². The first-order valence-electron chi connectivity index (χ1n) is 12.5. The van der Waals surface area contributed by atoms with Crippen molar-refractivity contribution < 1.29 is 7.13 Å². The molecule has 0 unspecified atom stereocenters. The number of fused-ring (bicyclic) bond motifs is 2. The highest BCUT2D eigenvalue weighted by Gasteiger charge is 2.51. The summed E-state index contributed by atoms with van der Waals surface area (Å²) in [7, 11) is 1.56. The molecule has 1 aliphatic heterocycles.